The standard InChI is InChI=1S/C14H14N2O2S/c1-18-14(17)8-11-4-2-3-5-12(11)10-19-13-9-15-6-7-16-13/h2-7,9H,8,10H2,1H3. The van der Waals surface area contributed by atoms with Gasteiger partial charge in [0.1, 0.15) is 5.03 Å². The average Bonchev–Trinajstić information content (AvgIpc) is 2.47. The number of aromatic nitrogens is 2. The van der Waals surface area contributed by atoms with Crippen LogP contribution < -0.4 is 0 Å². The summed E-state index contributed by atoms with van der Waals surface area (Å²) >= 11 is 1.60. The second-order valence-electron chi connectivity index (χ2n) is 3.85. The summed E-state index contributed by atoms with van der Waals surface area (Å²) in [5.41, 5.74) is 2.11. The summed E-state index contributed by atoms with van der Waals surface area (Å²) in [7, 11) is 1.40. The molecule has 5 heteroatoms. The molecule has 98 valence electrons. The molecule has 0 amide bonds. The molecule has 0 unspecified atom stereocenters. The van der Waals surface area contributed by atoms with E-state index in [1.165, 1.54) is 7.11 Å². The van der Waals surface area contributed by atoms with Crippen LogP contribution in [0.2, 0.25) is 0 Å². The number of carbonyl (C=O) groups excluding carboxylic acids is 1. The lowest BCUT2D eigenvalue weighted by Gasteiger charge is -2.07. The van der Waals surface area contributed by atoms with Crippen LogP contribution in [0.15, 0.2) is 47.9 Å². The normalized spacial score (nSPS) is 10.2. The molecule has 0 atom stereocenters. The van der Waals surface area contributed by atoms with Gasteiger partial charge in [-0.05, 0) is 11.1 Å². The molecule has 0 aliphatic rings. The highest BCUT2D eigenvalue weighted by Gasteiger charge is 2.08. The molecule has 0 bridgehead atoms. The summed E-state index contributed by atoms with van der Waals surface area (Å²) in [5, 5.41) is 0.871. The van der Waals surface area contributed by atoms with Gasteiger partial charge in [0.15, 0.2) is 0 Å². The zero-order valence-electron chi connectivity index (χ0n) is 10.6. The number of nitrogens with zero attached hydrogens (tertiary/aromatic N) is 2. The van der Waals surface area contributed by atoms with Crippen LogP contribution in [0.1, 0.15) is 11.1 Å². The Labute approximate surface area is 116 Å². The lowest BCUT2D eigenvalue weighted by molar-refractivity contribution is -0.139. The molecule has 0 aliphatic carbocycles. The fourth-order valence-electron chi connectivity index (χ4n) is 1.61. The maximum absolute atomic E-state index is 11.4. The van der Waals surface area contributed by atoms with Crippen molar-refractivity contribution in [3.8, 4) is 0 Å². The van der Waals surface area contributed by atoms with Gasteiger partial charge in [-0.15, -0.1) is 11.8 Å². The molecule has 0 radical (unpaired) electrons. The van der Waals surface area contributed by atoms with Gasteiger partial charge in [0, 0.05) is 18.1 Å². The molecule has 0 fully saturated rings. The monoisotopic (exact) mass is 274 g/mol. The van der Waals surface area contributed by atoms with E-state index in [1.807, 2.05) is 24.3 Å². The van der Waals surface area contributed by atoms with Gasteiger partial charge < -0.3 is 4.74 Å². The molecule has 0 spiro atoms. The molecular formula is C14H14N2O2S. The van der Waals surface area contributed by atoms with E-state index < -0.39 is 0 Å². The van der Waals surface area contributed by atoms with Crippen LogP contribution in [0.4, 0.5) is 0 Å². The first-order valence-corrected chi connectivity index (χ1v) is 6.80. The predicted octanol–water partition coefficient (Wildman–Crippen LogP) is 2.48. The van der Waals surface area contributed by atoms with Gasteiger partial charge in [-0.25, -0.2) is 4.98 Å². The number of methoxy groups -OCH3 is 1. The highest BCUT2D eigenvalue weighted by molar-refractivity contribution is 7.98. The van der Waals surface area contributed by atoms with Crippen molar-refractivity contribution in [3.63, 3.8) is 0 Å². The predicted molar refractivity (Wildman–Crippen MR) is 73.8 cm³/mol. The van der Waals surface area contributed by atoms with E-state index in [9.17, 15) is 4.79 Å². The third kappa shape index (κ3) is 4.06. The Morgan fingerprint density at radius 3 is 2.74 bits per heavy atom. The molecule has 2 aromatic rings. The number of hydrogen-bond acceptors (Lipinski definition) is 5. The zero-order valence-corrected chi connectivity index (χ0v) is 11.4. The Morgan fingerprint density at radius 2 is 2.05 bits per heavy atom. The number of hydrogen-bond donors (Lipinski definition) is 0. The van der Waals surface area contributed by atoms with E-state index in [2.05, 4.69) is 9.97 Å². The first-order valence-electron chi connectivity index (χ1n) is 5.82. The molecule has 0 saturated carbocycles. The molecule has 1 heterocycles. The van der Waals surface area contributed by atoms with Crippen molar-refractivity contribution >= 4 is 17.7 Å². The summed E-state index contributed by atoms with van der Waals surface area (Å²) in [6.45, 7) is 0. The SMILES string of the molecule is COC(=O)Cc1ccccc1CSc1cnccn1. The number of benzene rings is 1. The second-order valence-corrected chi connectivity index (χ2v) is 4.85. The van der Waals surface area contributed by atoms with Gasteiger partial charge in [-0.3, -0.25) is 9.78 Å². The van der Waals surface area contributed by atoms with Gasteiger partial charge >= 0.3 is 5.97 Å². The smallest absolute Gasteiger partial charge is 0.309 e. The first-order chi connectivity index (χ1) is 9.29. The number of esters is 1. The summed E-state index contributed by atoms with van der Waals surface area (Å²) < 4.78 is 4.70. The van der Waals surface area contributed by atoms with E-state index >= 15 is 0 Å². The van der Waals surface area contributed by atoms with Crippen LogP contribution in [0.25, 0.3) is 0 Å². The second kappa shape index (κ2) is 6.89. The van der Waals surface area contributed by atoms with E-state index in [4.69, 9.17) is 4.74 Å². The van der Waals surface area contributed by atoms with Crippen molar-refractivity contribution in [2.75, 3.05) is 7.11 Å². The van der Waals surface area contributed by atoms with Crippen molar-refractivity contribution in [1.82, 2.24) is 9.97 Å². The largest absolute Gasteiger partial charge is 0.469 e. The minimum absolute atomic E-state index is 0.225. The summed E-state index contributed by atoms with van der Waals surface area (Å²) in [6, 6.07) is 7.85. The molecule has 0 aliphatic heterocycles. The Balaban J connectivity index is 2.05. The minimum atomic E-state index is -0.225. The fourth-order valence-corrected chi connectivity index (χ4v) is 2.47. The number of thioether (sulfide) groups is 1. The van der Waals surface area contributed by atoms with Crippen LogP contribution in [-0.4, -0.2) is 23.0 Å². The average molecular weight is 274 g/mol. The van der Waals surface area contributed by atoms with Crippen molar-refractivity contribution in [2.45, 2.75) is 17.2 Å². The highest BCUT2D eigenvalue weighted by atomic mass is 32.2. The Hall–Kier alpha value is -1.88. The van der Waals surface area contributed by atoms with Crippen molar-refractivity contribution in [3.05, 3.63) is 54.0 Å². The van der Waals surface area contributed by atoms with Gasteiger partial charge in [-0.1, -0.05) is 24.3 Å². The Kier molecular flexibility index (Phi) is 4.92. The molecule has 2 rings (SSSR count). The lowest BCUT2D eigenvalue weighted by Crippen LogP contribution is -2.06. The maximum atomic E-state index is 11.4. The van der Waals surface area contributed by atoms with Crippen molar-refractivity contribution in [2.24, 2.45) is 0 Å². The zero-order chi connectivity index (χ0) is 13.5. The van der Waals surface area contributed by atoms with E-state index in [0.29, 0.717) is 6.42 Å². The summed E-state index contributed by atoms with van der Waals surface area (Å²) in [5.74, 6) is 0.531. The third-order valence-electron chi connectivity index (χ3n) is 2.60. The van der Waals surface area contributed by atoms with Gasteiger partial charge in [0.05, 0.1) is 19.7 Å². The van der Waals surface area contributed by atoms with E-state index in [0.717, 1.165) is 21.9 Å². The quantitative estimate of drug-likeness (QED) is 0.619. The third-order valence-corrected chi connectivity index (χ3v) is 3.56. The summed E-state index contributed by atoms with van der Waals surface area (Å²) in [6.07, 6.45) is 5.35. The number of ether oxygens (including phenoxy) is 1. The maximum Gasteiger partial charge on any atom is 0.309 e. The lowest BCUT2D eigenvalue weighted by atomic mass is 10.1. The molecule has 4 nitrogen and oxygen atoms in total. The van der Waals surface area contributed by atoms with Crippen molar-refractivity contribution < 1.29 is 9.53 Å². The van der Waals surface area contributed by atoms with Crippen LogP contribution in [0.3, 0.4) is 0 Å². The van der Waals surface area contributed by atoms with Crippen LogP contribution in [-0.2, 0) is 21.7 Å². The minimum Gasteiger partial charge on any atom is -0.469 e. The number of rotatable bonds is 5. The van der Waals surface area contributed by atoms with E-state index in [-0.39, 0.29) is 5.97 Å². The Morgan fingerprint density at radius 1 is 1.26 bits per heavy atom. The fraction of sp³-hybridized carbons (Fsp3) is 0.214. The van der Waals surface area contributed by atoms with Crippen LogP contribution in [0, 0.1) is 0 Å². The molecule has 1 aromatic heterocycles. The van der Waals surface area contributed by atoms with E-state index in [1.54, 1.807) is 30.4 Å². The van der Waals surface area contributed by atoms with Gasteiger partial charge in [0.2, 0.25) is 0 Å². The number of carbonyl (C=O) groups is 1. The Bertz CT molecular complexity index is 546. The van der Waals surface area contributed by atoms with Crippen LogP contribution >= 0.6 is 11.8 Å². The molecule has 19 heavy (non-hydrogen) atoms. The van der Waals surface area contributed by atoms with Gasteiger partial charge in [0.25, 0.3) is 0 Å². The van der Waals surface area contributed by atoms with Crippen molar-refractivity contribution in [1.29, 1.82) is 0 Å². The molecule has 0 N–H and O–H groups in total. The topological polar surface area (TPSA) is 52.1 Å². The first kappa shape index (κ1) is 13.5. The molecular weight excluding hydrogens is 260 g/mol. The molecule has 1 aromatic carbocycles. The van der Waals surface area contributed by atoms with Gasteiger partial charge in [-0.2, -0.15) is 0 Å². The summed E-state index contributed by atoms with van der Waals surface area (Å²) in [4.78, 5) is 19.6. The van der Waals surface area contributed by atoms with Crippen LogP contribution in [0.5, 0.6) is 0 Å². The highest BCUT2D eigenvalue weighted by Crippen LogP contribution is 2.22. The molecule has 0 saturated heterocycles.